The molecule has 94 valence electrons. The second kappa shape index (κ2) is 5.32. The average Bonchev–Trinajstić information content (AvgIpc) is 2.25. The fourth-order valence-corrected chi connectivity index (χ4v) is 1.46. The maximum atomic E-state index is 11.7. The summed E-state index contributed by atoms with van der Waals surface area (Å²) in [5, 5.41) is 11.8. The number of carbonyl (C=O) groups excluding carboxylic acids is 1. The zero-order chi connectivity index (χ0) is 13.1. The third kappa shape index (κ3) is 4.19. The van der Waals surface area contributed by atoms with Crippen molar-refractivity contribution in [3.05, 3.63) is 35.4 Å². The number of carbonyl (C=O) groups is 1. The standard InChI is InChI=1S/C14H21NO2/c1-10(16)9-15-13(17)11-5-7-12(8-6-11)14(2,3)4/h5-8,10,16H,9H2,1-4H3,(H,15,17)/t10-/m0/s1. The second-order valence-corrected chi connectivity index (χ2v) is 5.39. The van der Waals surface area contributed by atoms with Crippen LogP contribution in [-0.2, 0) is 5.41 Å². The highest BCUT2D eigenvalue weighted by Gasteiger charge is 2.14. The van der Waals surface area contributed by atoms with E-state index in [4.69, 9.17) is 5.11 Å². The van der Waals surface area contributed by atoms with E-state index in [2.05, 4.69) is 26.1 Å². The van der Waals surface area contributed by atoms with Gasteiger partial charge in [-0.15, -0.1) is 0 Å². The predicted molar refractivity (Wildman–Crippen MR) is 69.2 cm³/mol. The van der Waals surface area contributed by atoms with Crippen LogP contribution in [-0.4, -0.2) is 23.7 Å². The maximum Gasteiger partial charge on any atom is 0.251 e. The van der Waals surface area contributed by atoms with Crippen molar-refractivity contribution >= 4 is 5.91 Å². The zero-order valence-corrected chi connectivity index (χ0v) is 10.9. The first-order valence-corrected chi connectivity index (χ1v) is 5.87. The molecular weight excluding hydrogens is 214 g/mol. The fourth-order valence-electron chi connectivity index (χ4n) is 1.46. The third-order valence-corrected chi connectivity index (χ3v) is 2.57. The number of benzene rings is 1. The van der Waals surface area contributed by atoms with Crippen LogP contribution in [0.15, 0.2) is 24.3 Å². The second-order valence-electron chi connectivity index (χ2n) is 5.39. The van der Waals surface area contributed by atoms with Crippen LogP contribution in [0.3, 0.4) is 0 Å². The van der Waals surface area contributed by atoms with E-state index in [1.54, 1.807) is 6.92 Å². The molecule has 0 aliphatic rings. The first kappa shape index (κ1) is 13.7. The summed E-state index contributed by atoms with van der Waals surface area (Å²) < 4.78 is 0. The minimum absolute atomic E-state index is 0.0919. The van der Waals surface area contributed by atoms with Crippen molar-refractivity contribution in [3.8, 4) is 0 Å². The minimum atomic E-state index is -0.521. The monoisotopic (exact) mass is 235 g/mol. The summed E-state index contributed by atoms with van der Waals surface area (Å²) in [6.45, 7) is 8.32. The molecule has 0 radical (unpaired) electrons. The van der Waals surface area contributed by atoms with Gasteiger partial charge >= 0.3 is 0 Å². The molecule has 0 heterocycles. The van der Waals surface area contributed by atoms with Crippen LogP contribution in [0.2, 0.25) is 0 Å². The van der Waals surface area contributed by atoms with Crippen LogP contribution in [0.25, 0.3) is 0 Å². The third-order valence-electron chi connectivity index (χ3n) is 2.57. The normalized spacial score (nSPS) is 13.2. The van der Waals surface area contributed by atoms with Gasteiger partial charge in [0.05, 0.1) is 6.10 Å². The Morgan fingerprint density at radius 2 is 1.82 bits per heavy atom. The largest absolute Gasteiger partial charge is 0.392 e. The van der Waals surface area contributed by atoms with E-state index < -0.39 is 6.10 Å². The number of nitrogens with one attached hydrogen (secondary N) is 1. The van der Waals surface area contributed by atoms with E-state index in [1.165, 1.54) is 5.56 Å². The predicted octanol–water partition coefficient (Wildman–Crippen LogP) is 2.09. The van der Waals surface area contributed by atoms with Crippen molar-refractivity contribution in [2.45, 2.75) is 39.2 Å². The minimum Gasteiger partial charge on any atom is -0.392 e. The molecule has 0 unspecified atom stereocenters. The Hall–Kier alpha value is -1.35. The fraction of sp³-hybridized carbons (Fsp3) is 0.500. The van der Waals surface area contributed by atoms with Gasteiger partial charge in [-0.05, 0) is 30.0 Å². The van der Waals surface area contributed by atoms with Crippen LogP contribution in [0.5, 0.6) is 0 Å². The molecule has 0 bridgehead atoms. The molecule has 1 atom stereocenters. The van der Waals surface area contributed by atoms with Gasteiger partial charge in [0.15, 0.2) is 0 Å². The van der Waals surface area contributed by atoms with Crippen LogP contribution < -0.4 is 5.32 Å². The van der Waals surface area contributed by atoms with E-state index >= 15 is 0 Å². The van der Waals surface area contributed by atoms with Crippen LogP contribution in [0.4, 0.5) is 0 Å². The molecule has 2 N–H and O–H groups in total. The van der Waals surface area contributed by atoms with Crippen molar-refractivity contribution in [3.63, 3.8) is 0 Å². The Labute approximate surface area is 103 Å². The summed E-state index contributed by atoms with van der Waals surface area (Å²) in [5.41, 5.74) is 1.91. The van der Waals surface area contributed by atoms with E-state index in [9.17, 15) is 4.79 Å². The molecule has 0 spiro atoms. The summed E-state index contributed by atoms with van der Waals surface area (Å²) in [7, 11) is 0. The van der Waals surface area contributed by atoms with Crippen molar-refractivity contribution in [1.82, 2.24) is 5.32 Å². The molecule has 0 aliphatic heterocycles. The van der Waals surface area contributed by atoms with E-state index in [-0.39, 0.29) is 17.9 Å². The first-order valence-electron chi connectivity index (χ1n) is 5.87. The Morgan fingerprint density at radius 1 is 1.29 bits per heavy atom. The lowest BCUT2D eigenvalue weighted by Crippen LogP contribution is -2.30. The quantitative estimate of drug-likeness (QED) is 0.843. The zero-order valence-electron chi connectivity index (χ0n) is 10.9. The van der Waals surface area contributed by atoms with Gasteiger partial charge in [0.25, 0.3) is 5.91 Å². The molecule has 3 heteroatoms. The van der Waals surface area contributed by atoms with Gasteiger partial charge < -0.3 is 10.4 Å². The molecule has 1 rings (SSSR count). The van der Waals surface area contributed by atoms with Gasteiger partial charge in [0.1, 0.15) is 0 Å². The van der Waals surface area contributed by atoms with Crippen molar-refractivity contribution in [1.29, 1.82) is 0 Å². The van der Waals surface area contributed by atoms with E-state index in [0.717, 1.165) is 0 Å². The molecule has 17 heavy (non-hydrogen) atoms. The summed E-state index contributed by atoms with van der Waals surface area (Å²) >= 11 is 0. The highest BCUT2D eigenvalue weighted by atomic mass is 16.3. The number of hydrogen-bond acceptors (Lipinski definition) is 2. The van der Waals surface area contributed by atoms with Gasteiger partial charge in [0, 0.05) is 12.1 Å². The Kier molecular flexibility index (Phi) is 4.29. The van der Waals surface area contributed by atoms with Gasteiger partial charge in [-0.1, -0.05) is 32.9 Å². The molecule has 1 aromatic rings. The molecular formula is C14H21NO2. The molecule has 1 amide bonds. The maximum absolute atomic E-state index is 11.7. The molecule has 0 aromatic heterocycles. The number of hydrogen-bond donors (Lipinski definition) is 2. The lowest BCUT2D eigenvalue weighted by Gasteiger charge is -2.19. The SMILES string of the molecule is C[C@H](O)CNC(=O)c1ccc(C(C)(C)C)cc1. The average molecular weight is 235 g/mol. The van der Waals surface area contributed by atoms with Crippen molar-refractivity contribution in [2.24, 2.45) is 0 Å². The highest BCUT2D eigenvalue weighted by molar-refractivity contribution is 5.94. The molecule has 1 aromatic carbocycles. The summed E-state index contributed by atoms with van der Waals surface area (Å²) in [6.07, 6.45) is -0.521. The van der Waals surface area contributed by atoms with Crippen molar-refractivity contribution < 1.29 is 9.90 Å². The molecule has 3 nitrogen and oxygen atoms in total. The molecule has 0 aliphatic carbocycles. The smallest absolute Gasteiger partial charge is 0.251 e. The summed E-state index contributed by atoms with van der Waals surface area (Å²) in [6, 6.07) is 7.57. The lowest BCUT2D eigenvalue weighted by atomic mass is 9.87. The number of aliphatic hydroxyl groups excluding tert-OH is 1. The number of rotatable bonds is 3. The Balaban J connectivity index is 2.71. The number of amides is 1. The van der Waals surface area contributed by atoms with Gasteiger partial charge in [-0.25, -0.2) is 0 Å². The lowest BCUT2D eigenvalue weighted by molar-refractivity contribution is 0.0924. The Bertz CT molecular complexity index is 374. The Morgan fingerprint density at radius 3 is 2.24 bits per heavy atom. The van der Waals surface area contributed by atoms with Gasteiger partial charge in [-0.3, -0.25) is 4.79 Å². The molecule has 0 saturated carbocycles. The summed E-state index contributed by atoms with van der Waals surface area (Å²) in [5.74, 6) is -0.147. The van der Waals surface area contributed by atoms with Gasteiger partial charge in [-0.2, -0.15) is 0 Å². The molecule has 0 fully saturated rings. The first-order chi connectivity index (χ1) is 7.80. The summed E-state index contributed by atoms with van der Waals surface area (Å²) in [4.78, 5) is 11.7. The topological polar surface area (TPSA) is 49.3 Å². The molecule has 0 saturated heterocycles. The highest BCUT2D eigenvalue weighted by Crippen LogP contribution is 2.22. The van der Waals surface area contributed by atoms with Crippen LogP contribution in [0.1, 0.15) is 43.6 Å². The van der Waals surface area contributed by atoms with Crippen LogP contribution >= 0.6 is 0 Å². The van der Waals surface area contributed by atoms with Crippen LogP contribution in [0, 0.1) is 0 Å². The van der Waals surface area contributed by atoms with Crippen molar-refractivity contribution in [2.75, 3.05) is 6.54 Å². The van der Waals surface area contributed by atoms with E-state index in [0.29, 0.717) is 5.56 Å². The number of aliphatic hydroxyl groups is 1. The van der Waals surface area contributed by atoms with E-state index in [1.807, 2.05) is 24.3 Å². The van der Waals surface area contributed by atoms with Gasteiger partial charge in [0.2, 0.25) is 0 Å².